The SMILES string of the molecule is CCS(=O)(=O)NCCNc1ncnc(Cl)c1NC. The summed E-state index contributed by atoms with van der Waals surface area (Å²) in [5, 5.41) is 6.16. The predicted octanol–water partition coefficient (Wildman–Crippen LogP) is 0.523. The Morgan fingerprint density at radius 2 is 2.06 bits per heavy atom. The summed E-state index contributed by atoms with van der Waals surface area (Å²) in [6.07, 6.45) is 1.34. The van der Waals surface area contributed by atoms with Gasteiger partial charge in [0.15, 0.2) is 11.0 Å². The molecule has 1 aromatic rings. The molecule has 0 aliphatic rings. The number of sulfonamides is 1. The highest BCUT2D eigenvalue weighted by molar-refractivity contribution is 7.89. The molecule has 1 heterocycles. The molecule has 0 aromatic carbocycles. The second-order valence-electron chi connectivity index (χ2n) is 3.36. The fourth-order valence-corrected chi connectivity index (χ4v) is 2.05. The Morgan fingerprint density at radius 1 is 1.33 bits per heavy atom. The molecular formula is C9H16ClN5O2S. The van der Waals surface area contributed by atoms with E-state index in [1.165, 1.54) is 6.33 Å². The minimum Gasteiger partial charge on any atom is -0.383 e. The highest BCUT2D eigenvalue weighted by Gasteiger charge is 2.08. The molecule has 0 saturated heterocycles. The van der Waals surface area contributed by atoms with Crippen LogP contribution in [-0.2, 0) is 10.0 Å². The van der Waals surface area contributed by atoms with E-state index in [0.29, 0.717) is 23.2 Å². The Morgan fingerprint density at radius 3 is 2.67 bits per heavy atom. The van der Waals surface area contributed by atoms with Gasteiger partial charge >= 0.3 is 0 Å². The Balaban J connectivity index is 2.52. The van der Waals surface area contributed by atoms with Gasteiger partial charge in [0, 0.05) is 20.1 Å². The lowest BCUT2D eigenvalue weighted by atomic mass is 10.4. The topological polar surface area (TPSA) is 96.0 Å². The molecule has 1 rings (SSSR count). The largest absolute Gasteiger partial charge is 0.383 e. The zero-order valence-electron chi connectivity index (χ0n) is 10.2. The molecule has 1 aromatic heterocycles. The molecule has 18 heavy (non-hydrogen) atoms. The van der Waals surface area contributed by atoms with Gasteiger partial charge in [-0.2, -0.15) is 0 Å². The summed E-state index contributed by atoms with van der Waals surface area (Å²) >= 11 is 5.87. The lowest BCUT2D eigenvalue weighted by Gasteiger charge is -2.11. The maximum Gasteiger partial charge on any atom is 0.211 e. The normalized spacial score (nSPS) is 11.3. The minimum absolute atomic E-state index is 0.0636. The lowest BCUT2D eigenvalue weighted by Crippen LogP contribution is -2.30. The molecule has 0 fully saturated rings. The van der Waals surface area contributed by atoms with E-state index >= 15 is 0 Å². The van der Waals surface area contributed by atoms with Crippen LogP contribution in [0.2, 0.25) is 5.15 Å². The summed E-state index contributed by atoms with van der Waals surface area (Å²) in [5.74, 6) is 0.599. The molecule has 0 aliphatic carbocycles. The highest BCUT2D eigenvalue weighted by Crippen LogP contribution is 2.24. The average Bonchev–Trinajstić information content (AvgIpc) is 2.35. The summed E-state index contributed by atoms with van der Waals surface area (Å²) in [6, 6.07) is 0. The molecule has 0 unspecified atom stereocenters. The smallest absolute Gasteiger partial charge is 0.211 e. The van der Waals surface area contributed by atoms with Crippen molar-refractivity contribution in [2.75, 3.05) is 36.5 Å². The molecule has 3 N–H and O–H groups in total. The van der Waals surface area contributed by atoms with Gasteiger partial charge in [0.05, 0.1) is 5.75 Å². The number of hydrogen-bond donors (Lipinski definition) is 3. The molecule has 7 nitrogen and oxygen atoms in total. The average molecular weight is 294 g/mol. The van der Waals surface area contributed by atoms with Crippen LogP contribution in [-0.4, -0.2) is 44.3 Å². The minimum atomic E-state index is -3.16. The van der Waals surface area contributed by atoms with Crippen LogP contribution in [0.5, 0.6) is 0 Å². The zero-order valence-corrected chi connectivity index (χ0v) is 11.8. The maximum atomic E-state index is 11.2. The first-order valence-corrected chi connectivity index (χ1v) is 7.42. The summed E-state index contributed by atoms with van der Waals surface area (Å²) < 4.78 is 24.8. The lowest BCUT2D eigenvalue weighted by molar-refractivity contribution is 0.584. The second kappa shape index (κ2) is 6.72. The number of halogens is 1. The predicted molar refractivity (Wildman–Crippen MR) is 72.5 cm³/mol. The Kier molecular flexibility index (Phi) is 5.57. The van der Waals surface area contributed by atoms with Gasteiger partial charge in [0.1, 0.15) is 12.0 Å². The van der Waals surface area contributed by atoms with Crippen LogP contribution in [0.15, 0.2) is 6.33 Å². The number of rotatable bonds is 7. The number of nitrogens with zero attached hydrogens (tertiary/aromatic N) is 2. The summed E-state index contributed by atoms with van der Waals surface area (Å²) in [6.45, 7) is 2.27. The molecule has 0 atom stereocenters. The second-order valence-corrected chi connectivity index (χ2v) is 5.82. The summed E-state index contributed by atoms with van der Waals surface area (Å²) in [7, 11) is -1.46. The third-order valence-corrected chi connectivity index (χ3v) is 3.86. The van der Waals surface area contributed by atoms with E-state index in [-0.39, 0.29) is 12.3 Å². The molecular weight excluding hydrogens is 278 g/mol. The van der Waals surface area contributed by atoms with Crippen molar-refractivity contribution in [3.8, 4) is 0 Å². The zero-order chi connectivity index (χ0) is 13.6. The summed E-state index contributed by atoms with van der Waals surface area (Å²) in [4.78, 5) is 7.85. The van der Waals surface area contributed by atoms with Crippen molar-refractivity contribution in [3.63, 3.8) is 0 Å². The van der Waals surface area contributed by atoms with Crippen LogP contribution in [0.1, 0.15) is 6.92 Å². The van der Waals surface area contributed by atoms with E-state index in [0.717, 1.165) is 0 Å². The van der Waals surface area contributed by atoms with Gasteiger partial charge in [-0.1, -0.05) is 11.6 Å². The maximum absolute atomic E-state index is 11.2. The van der Waals surface area contributed by atoms with Crippen LogP contribution in [0.25, 0.3) is 0 Å². The van der Waals surface area contributed by atoms with Crippen molar-refractivity contribution in [1.29, 1.82) is 0 Å². The molecule has 0 spiro atoms. The van der Waals surface area contributed by atoms with Gasteiger partial charge in [0.2, 0.25) is 10.0 Å². The van der Waals surface area contributed by atoms with Crippen LogP contribution >= 0.6 is 11.6 Å². The van der Waals surface area contributed by atoms with E-state index in [9.17, 15) is 8.42 Å². The molecule has 0 bridgehead atoms. The molecule has 9 heteroatoms. The first-order chi connectivity index (χ1) is 8.50. The van der Waals surface area contributed by atoms with Gasteiger partial charge < -0.3 is 10.6 Å². The molecule has 102 valence electrons. The first kappa shape index (κ1) is 14.9. The van der Waals surface area contributed by atoms with Crippen LogP contribution in [0.3, 0.4) is 0 Å². The van der Waals surface area contributed by atoms with E-state index in [2.05, 4.69) is 25.3 Å². The van der Waals surface area contributed by atoms with Crippen molar-refractivity contribution in [1.82, 2.24) is 14.7 Å². The van der Waals surface area contributed by atoms with Crippen molar-refractivity contribution >= 4 is 33.1 Å². The van der Waals surface area contributed by atoms with Crippen LogP contribution in [0, 0.1) is 0 Å². The molecule has 0 radical (unpaired) electrons. The van der Waals surface area contributed by atoms with Crippen molar-refractivity contribution in [3.05, 3.63) is 11.5 Å². The fourth-order valence-electron chi connectivity index (χ4n) is 1.21. The van der Waals surface area contributed by atoms with Crippen LogP contribution in [0.4, 0.5) is 11.5 Å². The van der Waals surface area contributed by atoms with E-state index < -0.39 is 10.0 Å². The third-order valence-electron chi connectivity index (χ3n) is 2.17. The van der Waals surface area contributed by atoms with Gasteiger partial charge in [-0.15, -0.1) is 0 Å². The molecule has 0 amide bonds. The van der Waals surface area contributed by atoms with Gasteiger partial charge in [-0.25, -0.2) is 23.1 Å². The highest BCUT2D eigenvalue weighted by atomic mass is 35.5. The van der Waals surface area contributed by atoms with Crippen LogP contribution < -0.4 is 15.4 Å². The Labute approximate surface area is 111 Å². The number of hydrogen-bond acceptors (Lipinski definition) is 6. The Hall–Kier alpha value is -1.12. The quantitative estimate of drug-likeness (QED) is 0.501. The van der Waals surface area contributed by atoms with Crippen molar-refractivity contribution in [2.45, 2.75) is 6.92 Å². The summed E-state index contributed by atoms with van der Waals surface area (Å²) in [5.41, 5.74) is 0.581. The fraction of sp³-hybridized carbons (Fsp3) is 0.556. The monoisotopic (exact) mass is 293 g/mol. The van der Waals surface area contributed by atoms with Crippen molar-refractivity contribution in [2.24, 2.45) is 0 Å². The number of nitrogens with one attached hydrogen (secondary N) is 3. The van der Waals surface area contributed by atoms with E-state index in [4.69, 9.17) is 11.6 Å². The Bertz CT molecular complexity index is 494. The van der Waals surface area contributed by atoms with E-state index in [1.54, 1.807) is 14.0 Å². The van der Waals surface area contributed by atoms with Gasteiger partial charge in [-0.05, 0) is 6.92 Å². The molecule has 0 saturated carbocycles. The molecule has 0 aliphatic heterocycles. The number of aromatic nitrogens is 2. The third kappa shape index (κ3) is 4.28. The standard InChI is InChI=1S/C9H16ClN5O2S/c1-3-18(16,17)15-5-4-12-9-7(11-2)8(10)13-6-14-9/h6,11,15H,3-5H2,1-2H3,(H,12,13,14). The van der Waals surface area contributed by atoms with Gasteiger partial charge in [-0.3, -0.25) is 0 Å². The van der Waals surface area contributed by atoms with Crippen molar-refractivity contribution < 1.29 is 8.42 Å². The van der Waals surface area contributed by atoms with Gasteiger partial charge in [0.25, 0.3) is 0 Å². The van der Waals surface area contributed by atoms with E-state index in [1.807, 2.05) is 0 Å². The number of anilines is 2. The first-order valence-electron chi connectivity index (χ1n) is 5.39.